The highest BCUT2D eigenvalue weighted by Crippen LogP contribution is 2.15. The lowest BCUT2D eigenvalue weighted by Gasteiger charge is -2.09. The lowest BCUT2D eigenvalue weighted by Crippen LogP contribution is -1.94. The fourth-order valence-electron chi connectivity index (χ4n) is 0.697. The SMILES string of the molecule is C=C(C)CC(C)C(=C)C.CCCC. The van der Waals surface area contributed by atoms with E-state index < -0.39 is 0 Å². The molecular weight excluding hydrogens is 156 g/mol. The molecule has 0 bridgehead atoms. The van der Waals surface area contributed by atoms with Gasteiger partial charge in [0.15, 0.2) is 0 Å². The van der Waals surface area contributed by atoms with Crippen LogP contribution in [0.25, 0.3) is 0 Å². The second-order valence-corrected chi connectivity index (χ2v) is 3.91. The van der Waals surface area contributed by atoms with E-state index in [0.29, 0.717) is 5.92 Å². The Morgan fingerprint density at radius 1 is 1.08 bits per heavy atom. The van der Waals surface area contributed by atoms with Crippen molar-refractivity contribution in [2.45, 2.75) is 53.9 Å². The molecule has 0 heteroatoms. The molecule has 0 saturated heterocycles. The second kappa shape index (κ2) is 9.57. The Hall–Kier alpha value is -0.520. The smallest absolute Gasteiger partial charge is 0.0200 e. The third-order valence-corrected chi connectivity index (χ3v) is 2.00. The van der Waals surface area contributed by atoms with Crippen LogP contribution in [0.15, 0.2) is 24.3 Å². The van der Waals surface area contributed by atoms with Crippen LogP contribution in [0.1, 0.15) is 53.9 Å². The molecule has 0 rings (SSSR count). The van der Waals surface area contributed by atoms with Gasteiger partial charge in [0.1, 0.15) is 0 Å². The van der Waals surface area contributed by atoms with Gasteiger partial charge in [-0.15, -0.1) is 6.58 Å². The van der Waals surface area contributed by atoms with Crippen LogP contribution in [0.2, 0.25) is 0 Å². The highest BCUT2D eigenvalue weighted by molar-refractivity contribution is 5.01. The van der Waals surface area contributed by atoms with Crippen LogP contribution in [0.3, 0.4) is 0 Å². The maximum Gasteiger partial charge on any atom is -0.0200 e. The molecular formula is C13H26. The predicted octanol–water partition coefficient (Wildman–Crippen LogP) is 4.97. The summed E-state index contributed by atoms with van der Waals surface area (Å²) < 4.78 is 0. The Labute approximate surface area is 84.7 Å². The molecule has 0 aliphatic rings. The Balaban J connectivity index is 0. The maximum absolute atomic E-state index is 3.87. The lowest BCUT2D eigenvalue weighted by molar-refractivity contribution is 0.676. The molecule has 0 amide bonds. The van der Waals surface area contributed by atoms with Crippen molar-refractivity contribution in [3.63, 3.8) is 0 Å². The summed E-state index contributed by atoms with van der Waals surface area (Å²) in [4.78, 5) is 0. The zero-order chi connectivity index (χ0) is 10.9. The minimum atomic E-state index is 0.600. The zero-order valence-electron chi connectivity index (χ0n) is 10.1. The average Bonchev–Trinajstić information content (AvgIpc) is 2.03. The van der Waals surface area contributed by atoms with Crippen LogP contribution < -0.4 is 0 Å². The first-order valence-electron chi connectivity index (χ1n) is 5.25. The lowest BCUT2D eigenvalue weighted by atomic mass is 9.97. The number of hydrogen-bond donors (Lipinski definition) is 0. The molecule has 0 spiro atoms. The number of allylic oxidation sites excluding steroid dienone is 2. The van der Waals surface area contributed by atoms with Gasteiger partial charge < -0.3 is 0 Å². The first kappa shape index (κ1) is 15.0. The van der Waals surface area contributed by atoms with Gasteiger partial charge in [-0.3, -0.25) is 0 Å². The van der Waals surface area contributed by atoms with Crippen LogP contribution in [0, 0.1) is 5.92 Å². The van der Waals surface area contributed by atoms with Crippen molar-refractivity contribution in [3.05, 3.63) is 24.3 Å². The molecule has 78 valence electrons. The van der Waals surface area contributed by atoms with E-state index in [2.05, 4.69) is 47.8 Å². The van der Waals surface area contributed by atoms with E-state index in [-0.39, 0.29) is 0 Å². The summed E-state index contributed by atoms with van der Waals surface area (Å²) in [5, 5.41) is 0. The molecule has 1 atom stereocenters. The maximum atomic E-state index is 3.87. The van der Waals surface area contributed by atoms with Gasteiger partial charge in [-0.1, -0.05) is 51.3 Å². The van der Waals surface area contributed by atoms with Crippen LogP contribution in [0.4, 0.5) is 0 Å². The molecule has 0 nitrogen and oxygen atoms in total. The van der Waals surface area contributed by atoms with Crippen molar-refractivity contribution in [2.75, 3.05) is 0 Å². The highest BCUT2D eigenvalue weighted by atomic mass is 14.1. The van der Waals surface area contributed by atoms with Crippen molar-refractivity contribution < 1.29 is 0 Å². The summed E-state index contributed by atoms with van der Waals surface area (Å²) in [7, 11) is 0. The Kier molecular flexibility index (Phi) is 11.0. The third kappa shape index (κ3) is 14.3. The van der Waals surface area contributed by atoms with Crippen molar-refractivity contribution in [2.24, 2.45) is 5.92 Å². The molecule has 0 fully saturated rings. The van der Waals surface area contributed by atoms with Gasteiger partial charge in [0.25, 0.3) is 0 Å². The average molecular weight is 182 g/mol. The van der Waals surface area contributed by atoms with Crippen LogP contribution in [-0.2, 0) is 0 Å². The number of rotatable bonds is 4. The summed E-state index contributed by atoms with van der Waals surface area (Å²) in [6.07, 6.45) is 3.72. The number of hydrogen-bond acceptors (Lipinski definition) is 0. The molecule has 0 aliphatic heterocycles. The fourth-order valence-corrected chi connectivity index (χ4v) is 0.697. The van der Waals surface area contributed by atoms with Gasteiger partial charge in [-0.2, -0.15) is 0 Å². The molecule has 0 saturated carbocycles. The Morgan fingerprint density at radius 2 is 1.46 bits per heavy atom. The minimum absolute atomic E-state index is 0.600. The Bertz CT molecular complexity index is 140. The topological polar surface area (TPSA) is 0 Å². The van der Waals surface area contributed by atoms with Gasteiger partial charge in [0.05, 0.1) is 0 Å². The van der Waals surface area contributed by atoms with Crippen LogP contribution >= 0.6 is 0 Å². The molecule has 0 aliphatic carbocycles. The van der Waals surface area contributed by atoms with Crippen LogP contribution in [0.5, 0.6) is 0 Å². The molecule has 0 N–H and O–H groups in total. The second-order valence-electron chi connectivity index (χ2n) is 3.91. The van der Waals surface area contributed by atoms with Gasteiger partial charge in [0.2, 0.25) is 0 Å². The normalized spacial score (nSPS) is 11.2. The summed E-state index contributed by atoms with van der Waals surface area (Å²) >= 11 is 0. The monoisotopic (exact) mass is 182 g/mol. The summed E-state index contributed by atoms with van der Waals surface area (Å²) in [6.45, 7) is 18.4. The standard InChI is InChI=1S/C9H16.C4H10/c1-7(2)6-9(5)8(3)4;1-3-4-2/h9H,1,3,6H2,2,4-5H3;3-4H2,1-2H3. The molecule has 0 aromatic carbocycles. The first-order valence-corrected chi connectivity index (χ1v) is 5.25. The van der Waals surface area contributed by atoms with E-state index in [9.17, 15) is 0 Å². The molecule has 0 heterocycles. The van der Waals surface area contributed by atoms with Crippen molar-refractivity contribution >= 4 is 0 Å². The van der Waals surface area contributed by atoms with Gasteiger partial charge >= 0.3 is 0 Å². The third-order valence-electron chi connectivity index (χ3n) is 2.00. The molecule has 0 aromatic heterocycles. The van der Waals surface area contributed by atoms with Gasteiger partial charge in [0, 0.05) is 0 Å². The van der Waals surface area contributed by atoms with Gasteiger partial charge in [-0.05, 0) is 26.2 Å². The molecule has 0 radical (unpaired) electrons. The molecule has 13 heavy (non-hydrogen) atoms. The molecule has 0 aromatic rings. The molecule has 1 unspecified atom stereocenters. The quantitative estimate of drug-likeness (QED) is 0.538. The van der Waals surface area contributed by atoms with E-state index in [1.807, 2.05) is 0 Å². The highest BCUT2D eigenvalue weighted by Gasteiger charge is 2.00. The predicted molar refractivity (Wildman–Crippen MR) is 64.0 cm³/mol. The van der Waals surface area contributed by atoms with E-state index in [0.717, 1.165) is 6.42 Å². The van der Waals surface area contributed by atoms with E-state index in [1.165, 1.54) is 24.0 Å². The van der Waals surface area contributed by atoms with E-state index in [1.54, 1.807) is 0 Å². The van der Waals surface area contributed by atoms with Crippen molar-refractivity contribution in [1.29, 1.82) is 0 Å². The van der Waals surface area contributed by atoms with E-state index in [4.69, 9.17) is 0 Å². The minimum Gasteiger partial charge on any atom is -0.100 e. The van der Waals surface area contributed by atoms with Crippen LogP contribution in [-0.4, -0.2) is 0 Å². The number of unbranched alkanes of at least 4 members (excludes halogenated alkanes) is 1. The summed E-state index contributed by atoms with van der Waals surface area (Å²) in [5.74, 6) is 0.600. The van der Waals surface area contributed by atoms with Crippen molar-refractivity contribution in [3.8, 4) is 0 Å². The fraction of sp³-hybridized carbons (Fsp3) is 0.692. The Morgan fingerprint density at radius 3 is 1.54 bits per heavy atom. The van der Waals surface area contributed by atoms with E-state index >= 15 is 0 Å². The summed E-state index contributed by atoms with van der Waals surface area (Å²) in [5.41, 5.74) is 2.49. The largest absolute Gasteiger partial charge is 0.100 e. The first-order chi connectivity index (χ1) is 5.95. The van der Waals surface area contributed by atoms with Crippen molar-refractivity contribution in [1.82, 2.24) is 0 Å². The van der Waals surface area contributed by atoms with Gasteiger partial charge in [-0.25, -0.2) is 0 Å². The summed E-state index contributed by atoms with van der Waals surface area (Å²) in [6, 6.07) is 0. The zero-order valence-corrected chi connectivity index (χ0v) is 10.1.